The summed E-state index contributed by atoms with van der Waals surface area (Å²) in [5.41, 5.74) is 4.02. The molecule has 1 N–H and O–H groups in total. The summed E-state index contributed by atoms with van der Waals surface area (Å²) in [6, 6.07) is 18.0. The van der Waals surface area contributed by atoms with E-state index in [1.54, 1.807) is 6.20 Å². The molecule has 3 heterocycles. The first-order valence-electron chi connectivity index (χ1n) is 7.43. The van der Waals surface area contributed by atoms with Gasteiger partial charge in [-0.3, -0.25) is 4.98 Å². The Bertz CT molecular complexity index is 916. The van der Waals surface area contributed by atoms with Gasteiger partial charge in [-0.05, 0) is 23.8 Å². The average Bonchev–Trinajstić information content (AvgIpc) is 3.05. The molecule has 5 heteroatoms. The smallest absolute Gasteiger partial charge is 0.154 e. The fourth-order valence-corrected chi connectivity index (χ4v) is 2.47. The Balaban J connectivity index is 1.65. The van der Waals surface area contributed by atoms with Gasteiger partial charge in [0.05, 0.1) is 11.9 Å². The maximum absolute atomic E-state index is 4.65. The lowest BCUT2D eigenvalue weighted by atomic mass is 10.2. The highest BCUT2D eigenvalue weighted by molar-refractivity contribution is 5.63. The minimum atomic E-state index is 0.682. The third kappa shape index (κ3) is 2.76. The molecule has 0 aliphatic heterocycles. The molecule has 0 aliphatic rings. The van der Waals surface area contributed by atoms with E-state index in [2.05, 4.69) is 32.5 Å². The molecular weight excluding hydrogens is 286 g/mol. The van der Waals surface area contributed by atoms with Gasteiger partial charge in [0.2, 0.25) is 0 Å². The molecule has 5 nitrogen and oxygen atoms in total. The van der Waals surface area contributed by atoms with Crippen LogP contribution >= 0.6 is 0 Å². The van der Waals surface area contributed by atoms with Crippen LogP contribution in [-0.2, 0) is 6.54 Å². The zero-order valence-corrected chi connectivity index (χ0v) is 12.4. The van der Waals surface area contributed by atoms with Crippen molar-refractivity contribution in [3.63, 3.8) is 0 Å². The van der Waals surface area contributed by atoms with Gasteiger partial charge < -0.3 is 5.32 Å². The Hall–Kier alpha value is -3.21. The van der Waals surface area contributed by atoms with E-state index in [0.717, 1.165) is 28.3 Å². The largest absolute Gasteiger partial charge is 0.364 e. The molecule has 0 unspecified atom stereocenters. The molecule has 0 saturated heterocycles. The number of nitrogens with one attached hydrogen (secondary N) is 1. The number of rotatable bonds is 4. The van der Waals surface area contributed by atoms with Crippen LogP contribution in [0.3, 0.4) is 0 Å². The van der Waals surface area contributed by atoms with Gasteiger partial charge in [0.1, 0.15) is 5.82 Å². The monoisotopic (exact) mass is 301 g/mol. The number of nitrogens with zero attached hydrogens (tertiary/aromatic N) is 4. The quantitative estimate of drug-likeness (QED) is 0.627. The van der Waals surface area contributed by atoms with E-state index in [0.29, 0.717) is 6.54 Å². The topological polar surface area (TPSA) is 55.1 Å². The predicted molar refractivity (Wildman–Crippen MR) is 90.0 cm³/mol. The van der Waals surface area contributed by atoms with Gasteiger partial charge >= 0.3 is 0 Å². The van der Waals surface area contributed by atoms with Gasteiger partial charge in [-0.2, -0.15) is 0 Å². The van der Waals surface area contributed by atoms with Crippen molar-refractivity contribution in [3.8, 4) is 11.3 Å². The van der Waals surface area contributed by atoms with E-state index < -0.39 is 0 Å². The second-order valence-corrected chi connectivity index (χ2v) is 5.21. The van der Waals surface area contributed by atoms with Crippen LogP contribution in [0.25, 0.3) is 16.9 Å². The van der Waals surface area contributed by atoms with Crippen molar-refractivity contribution >= 4 is 11.5 Å². The van der Waals surface area contributed by atoms with Gasteiger partial charge in [-0.25, -0.2) is 9.50 Å². The van der Waals surface area contributed by atoms with E-state index in [4.69, 9.17) is 0 Å². The number of fused-ring (bicyclic) bond motifs is 1. The Labute approximate surface area is 133 Å². The minimum absolute atomic E-state index is 0.682. The van der Waals surface area contributed by atoms with Crippen LogP contribution in [0.15, 0.2) is 73.2 Å². The van der Waals surface area contributed by atoms with Crippen molar-refractivity contribution in [1.82, 2.24) is 19.6 Å². The van der Waals surface area contributed by atoms with Crippen molar-refractivity contribution in [2.75, 3.05) is 5.32 Å². The van der Waals surface area contributed by atoms with Crippen LogP contribution in [0.4, 0.5) is 5.82 Å². The van der Waals surface area contributed by atoms with Crippen molar-refractivity contribution in [2.24, 2.45) is 0 Å². The summed E-state index contributed by atoms with van der Waals surface area (Å²) in [5, 5.41) is 7.97. The fraction of sp³-hybridized carbons (Fsp3) is 0.0556. The van der Waals surface area contributed by atoms with Crippen LogP contribution in [0.5, 0.6) is 0 Å². The number of imidazole rings is 1. The first kappa shape index (κ1) is 13.5. The molecule has 0 fully saturated rings. The van der Waals surface area contributed by atoms with Crippen LogP contribution in [-0.4, -0.2) is 19.6 Å². The Morgan fingerprint density at radius 2 is 1.83 bits per heavy atom. The average molecular weight is 301 g/mol. The number of aromatic nitrogens is 4. The third-order valence-corrected chi connectivity index (χ3v) is 3.63. The zero-order chi connectivity index (χ0) is 15.5. The SMILES string of the molecule is c1ccc(-c2cnc3ccc(NCc4cccnc4)nn23)cc1. The molecule has 0 spiro atoms. The molecule has 23 heavy (non-hydrogen) atoms. The van der Waals surface area contributed by atoms with Gasteiger partial charge in [0.25, 0.3) is 0 Å². The lowest BCUT2D eigenvalue weighted by Crippen LogP contribution is -2.04. The van der Waals surface area contributed by atoms with Gasteiger partial charge in [-0.1, -0.05) is 36.4 Å². The first-order chi connectivity index (χ1) is 11.4. The lowest BCUT2D eigenvalue weighted by molar-refractivity contribution is 0.930. The summed E-state index contributed by atoms with van der Waals surface area (Å²) in [5.74, 6) is 0.802. The van der Waals surface area contributed by atoms with Gasteiger partial charge in [-0.15, -0.1) is 5.10 Å². The van der Waals surface area contributed by atoms with Crippen LogP contribution in [0.1, 0.15) is 5.56 Å². The molecule has 4 rings (SSSR count). The lowest BCUT2D eigenvalue weighted by Gasteiger charge is -2.07. The second-order valence-electron chi connectivity index (χ2n) is 5.21. The molecule has 0 aliphatic carbocycles. The number of hydrogen-bond acceptors (Lipinski definition) is 4. The maximum Gasteiger partial charge on any atom is 0.154 e. The summed E-state index contributed by atoms with van der Waals surface area (Å²) < 4.78 is 1.86. The number of pyridine rings is 1. The van der Waals surface area contributed by atoms with Crippen molar-refractivity contribution in [1.29, 1.82) is 0 Å². The highest BCUT2D eigenvalue weighted by Crippen LogP contribution is 2.20. The van der Waals surface area contributed by atoms with Crippen molar-refractivity contribution in [2.45, 2.75) is 6.54 Å². The molecule has 112 valence electrons. The molecule has 0 amide bonds. The molecule has 4 aromatic rings. The minimum Gasteiger partial charge on any atom is -0.364 e. The molecule has 0 bridgehead atoms. The number of hydrogen-bond donors (Lipinski definition) is 1. The van der Waals surface area contributed by atoms with Gasteiger partial charge in [0, 0.05) is 24.5 Å². The van der Waals surface area contributed by atoms with E-state index in [1.807, 2.05) is 59.4 Å². The molecule has 0 saturated carbocycles. The van der Waals surface area contributed by atoms with E-state index in [9.17, 15) is 0 Å². The molecule has 0 radical (unpaired) electrons. The highest BCUT2D eigenvalue weighted by Gasteiger charge is 2.07. The zero-order valence-electron chi connectivity index (χ0n) is 12.4. The maximum atomic E-state index is 4.65. The summed E-state index contributed by atoms with van der Waals surface area (Å²) in [6.45, 7) is 0.682. The number of benzene rings is 1. The van der Waals surface area contributed by atoms with Crippen molar-refractivity contribution in [3.05, 3.63) is 78.8 Å². The second kappa shape index (κ2) is 5.88. The summed E-state index contributed by atoms with van der Waals surface area (Å²) in [6.07, 6.45) is 5.46. The molecule has 1 aromatic carbocycles. The van der Waals surface area contributed by atoms with Crippen LogP contribution in [0.2, 0.25) is 0 Å². The van der Waals surface area contributed by atoms with E-state index >= 15 is 0 Å². The standard InChI is InChI=1S/C18H15N5/c1-2-6-15(7-3-1)16-13-21-18-9-8-17(22-23(16)18)20-12-14-5-4-10-19-11-14/h1-11,13H,12H2,(H,20,22). The Morgan fingerprint density at radius 3 is 2.65 bits per heavy atom. The fourth-order valence-electron chi connectivity index (χ4n) is 2.47. The van der Waals surface area contributed by atoms with E-state index in [-0.39, 0.29) is 0 Å². The Kier molecular flexibility index (Phi) is 3.44. The van der Waals surface area contributed by atoms with Gasteiger partial charge in [0.15, 0.2) is 5.65 Å². The number of anilines is 1. The summed E-state index contributed by atoms with van der Waals surface area (Å²) in [4.78, 5) is 8.53. The molecular formula is C18H15N5. The predicted octanol–water partition coefficient (Wildman–Crippen LogP) is 3.40. The van der Waals surface area contributed by atoms with Crippen molar-refractivity contribution < 1.29 is 0 Å². The highest BCUT2D eigenvalue weighted by atomic mass is 15.3. The molecule has 0 atom stereocenters. The van der Waals surface area contributed by atoms with Crippen LogP contribution in [0, 0.1) is 0 Å². The van der Waals surface area contributed by atoms with Crippen LogP contribution < -0.4 is 5.32 Å². The summed E-state index contributed by atoms with van der Waals surface area (Å²) >= 11 is 0. The summed E-state index contributed by atoms with van der Waals surface area (Å²) in [7, 11) is 0. The molecule has 3 aromatic heterocycles. The third-order valence-electron chi connectivity index (χ3n) is 3.63. The van der Waals surface area contributed by atoms with E-state index in [1.165, 1.54) is 0 Å². The normalized spacial score (nSPS) is 10.8. The Morgan fingerprint density at radius 1 is 0.913 bits per heavy atom. The first-order valence-corrected chi connectivity index (χ1v) is 7.43.